The Bertz CT molecular complexity index is 1050. The summed E-state index contributed by atoms with van der Waals surface area (Å²) in [4.78, 5) is 23.1. The molecule has 3 aromatic rings. The number of nitrogens with one attached hydrogen (secondary N) is 2. The average molecular weight is 383 g/mol. The molecule has 2 aliphatic rings. The zero-order chi connectivity index (χ0) is 19.1. The third-order valence-electron chi connectivity index (χ3n) is 4.98. The maximum absolute atomic E-state index is 14.0. The number of halogens is 1. The Morgan fingerprint density at radius 2 is 2.25 bits per heavy atom. The standard InChI is InChI=1S/C18H18FN7O2/c19-11-8-12-14-2-1-5-25(14)15-3-6-26-16(24-15)13(10-22-26)23-18(27)20-4-7-28-17(12)21-9-11/h3,6,8-10,14H,1-2,4-5,7H2,(H2,20,23,27). The molecule has 144 valence electrons. The van der Waals surface area contributed by atoms with Crippen LogP contribution < -0.4 is 20.3 Å². The third-order valence-corrected chi connectivity index (χ3v) is 4.98. The first kappa shape index (κ1) is 16.7. The number of anilines is 2. The van der Waals surface area contributed by atoms with Crippen molar-refractivity contribution in [2.75, 3.05) is 29.9 Å². The fraction of sp³-hybridized carbons (Fsp3) is 0.333. The molecule has 1 atom stereocenters. The van der Waals surface area contributed by atoms with Crippen molar-refractivity contribution >= 4 is 23.2 Å². The molecule has 9 nitrogen and oxygen atoms in total. The summed E-state index contributed by atoms with van der Waals surface area (Å²) in [5.41, 5.74) is 1.75. The maximum atomic E-state index is 14.0. The fourth-order valence-corrected chi connectivity index (χ4v) is 3.75. The van der Waals surface area contributed by atoms with Crippen LogP contribution in [0.15, 0.2) is 30.7 Å². The Balaban J connectivity index is 1.64. The van der Waals surface area contributed by atoms with Crippen molar-refractivity contribution in [3.63, 3.8) is 0 Å². The van der Waals surface area contributed by atoms with E-state index in [4.69, 9.17) is 9.72 Å². The number of fused-ring (bicyclic) bond motifs is 5. The predicted molar refractivity (Wildman–Crippen MR) is 99.0 cm³/mol. The van der Waals surface area contributed by atoms with E-state index in [9.17, 15) is 9.18 Å². The van der Waals surface area contributed by atoms with Gasteiger partial charge in [-0.3, -0.25) is 0 Å². The Morgan fingerprint density at radius 1 is 1.32 bits per heavy atom. The smallest absolute Gasteiger partial charge is 0.319 e. The lowest BCUT2D eigenvalue weighted by Gasteiger charge is -2.27. The molecule has 2 amide bonds. The van der Waals surface area contributed by atoms with Gasteiger partial charge >= 0.3 is 6.03 Å². The number of pyridine rings is 1. The lowest BCUT2D eigenvalue weighted by atomic mass is 10.1. The normalized spacial score (nSPS) is 19.4. The van der Waals surface area contributed by atoms with Crippen LogP contribution >= 0.6 is 0 Å². The summed E-state index contributed by atoms with van der Waals surface area (Å²) in [6.07, 6.45) is 6.28. The lowest BCUT2D eigenvalue weighted by Crippen LogP contribution is -2.32. The Labute approximate surface area is 159 Å². The maximum Gasteiger partial charge on any atom is 0.319 e. The molecule has 1 unspecified atom stereocenters. The zero-order valence-corrected chi connectivity index (χ0v) is 14.9. The first-order valence-electron chi connectivity index (χ1n) is 9.13. The predicted octanol–water partition coefficient (Wildman–Crippen LogP) is 2.12. The van der Waals surface area contributed by atoms with Gasteiger partial charge < -0.3 is 20.3 Å². The number of nitrogens with zero attached hydrogens (tertiary/aromatic N) is 5. The molecule has 28 heavy (non-hydrogen) atoms. The van der Waals surface area contributed by atoms with Gasteiger partial charge in [0.1, 0.15) is 23.9 Å². The van der Waals surface area contributed by atoms with Gasteiger partial charge in [-0.15, -0.1) is 0 Å². The van der Waals surface area contributed by atoms with Crippen LogP contribution in [0.5, 0.6) is 5.88 Å². The highest BCUT2D eigenvalue weighted by Crippen LogP contribution is 2.39. The fourth-order valence-electron chi connectivity index (χ4n) is 3.75. The van der Waals surface area contributed by atoms with Crippen LogP contribution in [0.2, 0.25) is 0 Å². The number of ether oxygens (including phenoxy) is 1. The third kappa shape index (κ3) is 2.86. The number of aromatic nitrogens is 4. The van der Waals surface area contributed by atoms with E-state index in [0.29, 0.717) is 22.8 Å². The molecule has 2 N–H and O–H groups in total. The summed E-state index contributed by atoms with van der Waals surface area (Å²) in [6.45, 7) is 1.27. The van der Waals surface area contributed by atoms with Crippen LogP contribution in [0, 0.1) is 5.82 Å². The van der Waals surface area contributed by atoms with Crippen LogP contribution in [-0.4, -0.2) is 45.3 Å². The second-order valence-corrected chi connectivity index (χ2v) is 6.74. The number of amides is 2. The highest BCUT2D eigenvalue weighted by molar-refractivity contribution is 5.93. The van der Waals surface area contributed by atoms with Crippen molar-refractivity contribution in [1.29, 1.82) is 0 Å². The summed E-state index contributed by atoms with van der Waals surface area (Å²) in [5.74, 6) is 0.698. The first-order chi connectivity index (χ1) is 13.7. The number of rotatable bonds is 0. The van der Waals surface area contributed by atoms with Gasteiger partial charge in [0.2, 0.25) is 5.88 Å². The molecular weight excluding hydrogens is 365 g/mol. The van der Waals surface area contributed by atoms with Crippen molar-refractivity contribution in [1.82, 2.24) is 24.9 Å². The largest absolute Gasteiger partial charge is 0.476 e. The minimum Gasteiger partial charge on any atom is -0.476 e. The molecule has 5 rings (SSSR count). The summed E-state index contributed by atoms with van der Waals surface area (Å²) in [5, 5.41) is 9.70. The van der Waals surface area contributed by atoms with Crippen LogP contribution in [0.25, 0.3) is 5.65 Å². The van der Waals surface area contributed by atoms with Crippen molar-refractivity contribution < 1.29 is 13.9 Å². The molecule has 1 fully saturated rings. The van der Waals surface area contributed by atoms with Crippen molar-refractivity contribution in [2.24, 2.45) is 0 Å². The summed E-state index contributed by atoms with van der Waals surface area (Å²) >= 11 is 0. The van der Waals surface area contributed by atoms with Gasteiger partial charge in [-0.25, -0.2) is 23.7 Å². The van der Waals surface area contributed by atoms with E-state index < -0.39 is 5.82 Å². The molecule has 0 radical (unpaired) electrons. The van der Waals surface area contributed by atoms with Gasteiger partial charge in [0, 0.05) is 18.3 Å². The number of hydrogen-bond acceptors (Lipinski definition) is 6. The van der Waals surface area contributed by atoms with Gasteiger partial charge in [-0.1, -0.05) is 0 Å². The Hall–Kier alpha value is -3.43. The van der Waals surface area contributed by atoms with Crippen LogP contribution in [0.1, 0.15) is 24.4 Å². The van der Waals surface area contributed by atoms with Crippen molar-refractivity contribution in [3.05, 3.63) is 42.1 Å². The molecule has 2 aliphatic heterocycles. The molecule has 5 heterocycles. The van der Waals surface area contributed by atoms with E-state index in [1.807, 2.05) is 6.07 Å². The first-order valence-corrected chi connectivity index (χ1v) is 9.13. The molecule has 0 spiro atoms. The number of carbonyl (C=O) groups excluding carboxylic acids is 1. The zero-order valence-electron chi connectivity index (χ0n) is 14.9. The minimum absolute atomic E-state index is 0.0926. The second-order valence-electron chi connectivity index (χ2n) is 6.74. The van der Waals surface area contributed by atoms with E-state index in [0.717, 1.165) is 31.4 Å². The molecule has 0 saturated carbocycles. The quantitative estimate of drug-likeness (QED) is 0.617. The van der Waals surface area contributed by atoms with Crippen molar-refractivity contribution in [2.45, 2.75) is 18.9 Å². The van der Waals surface area contributed by atoms with Gasteiger partial charge in [0.15, 0.2) is 5.65 Å². The lowest BCUT2D eigenvalue weighted by molar-refractivity contribution is 0.246. The van der Waals surface area contributed by atoms with E-state index in [2.05, 4.69) is 25.6 Å². The van der Waals surface area contributed by atoms with E-state index in [1.165, 1.54) is 6.07 Å². The van der Waals surface area contributed by atoms with Gasteiger partial charge in [-0.2, -0.15) is 5.10 Å². The highest BCUT2D eigenvalue weighted by atomic mass is 19.1. The minimum atomic E-state index is -0.408. The summed E-state index contributed by atoms with van der Waals surface area (Å²) < 4.78 is 21.3. The number of carbonyl (C=O) groups is 1. The number of hydrogen-bond donors (Lipinski definition) is 2. The Morgan fingerprint density at radius 3 is 3.18 bits per heavy atom. The van der Waals surface area contributed by atoms with Gasteiger partial charge in [-0.05, 0) is 25.0 Å². The topological polar surface area (TPSA) is 96.7 Å². The molecule has 1 saturated heterocycles. The molecule has 0 aromatic carbocycles. The molecular formula is C18H18FN7O2. The SMILES string of the molecule is O=C1NCCOc2ncc(F)cc2C2CCCN2c2ccn3ncc(c3n2)N1. The highest BCUT2D eigenvalue weighted by Gasteiger charge is 2.31. The van der Waals surface area contributed by atoms with E-state index >= 15 is 0 Å². The van der Waals surface area contributed by atoms with E-state index in [1.54, 1.807) is 16.9 Å². The second kappa shape index (κ2) is 6.63. The molecule has 10 heteroatoms. The van der Waals surface area contributed by atoms with E-state index in [-0.39, 0.29) is 25.2 Å². The molecule has 2 bridgehead atoms. The van der Waals surface area contributed by atoms with Crippen LogP contribution in [0.3, 0.4) is 0 Å². The van der Waals surface area contributed by atoms with Crippen LogP contribution in [-0.2, 0) is 0 Å². The van der Waals surface area contributed by atoms with Gasteiger partial charge in [0.25, 0.3) is 0 Å². The van der Waals surface area contributed by atoms with Crippen LogP contribution in [0.4, 0.5) is 20.7 Å². The van der Waals surface area contributed by atoms with Crippen molar-refractivity contribution in [3.8, 4) is 5.88 Å². The Kier molecular flexibility index (Phi) is 3.96. The van der Waals surface area contributed by atoms with Gasteiger partial charge in [0.05, 0.1) is 25.0 Å². The molecule has 3 aromatic heterocycles. The molecule has 0 aliphatic carbocycles. The number of urea groups is 1. The average Bonchev–Trinajstić information content (AvgIpc) is 3.32. The summed E-state index contributed by atoms with van der Waals surface area (Å²) in [6, 6.07) is 2.86. The summed E-state index contributed by atoms with van der Waals surface area (Å²) in [7, 11) is 0. The monoisotopic (exact) mass is 383 g/mol.